The number of nitrogens with zero attached hydrogens (tertiary/aromatic N) is 3. The summed E-state index contributed by atoms with van der Waals surface area (Å²) in [5.74, 6) is 1.61. The molecule has 22 heavy (non-hydrogen) atoms. The second-order valence-corrected chi connectivity index (χ2v) is 5.76. The maximum atomic E-state index is 5.17. The fourth-order valence-electron chi connectivity index (χ4n) is 2.30. The molecule has 4 rings (SSSR count). The van der Waals surface area contributed by atoms with E-state index in [0.29, 0.717) is 0 Å². The average molecular weight is 308 g/mol. The number of fused-ring (bicyclic) bond motifs is 3. The molecule has 0 fully saturated rings. The van der Waals surface area contributed by atoms with Crippen molar-refractivity contribution in [2.75, 3.05) is 12.4 Å². The highest BCUT2D eigenvalue weighted by Crippen LogP contribution is 2.35. The van der Waals surface area contributed by atoms with E-state index in [-0.39, 0.29) is 0 Å². The zero-order valence-electron chi connectivity index (χ0n) is 11.8. The van der Waals surface area contributed by atoms with Crippen molar-refractivity contribution in [3.8, 4) is 5.75 Å². The van der Waals surface area contributed by atoms with Crippen LogP contribution in [0.25, 0.3) is 20.4 Å². The molecule has 1 aromatic carbocycles. The number of nitrogens with one attached hydrogen (secondary N) is 1. The van der Waals surface area contributed by atoms with Gasteiger partial charge in [-0.2, -0.15) is 0 Å². The van der Waals surface area contributed by atoms with Crippen molar-refractivity contribution in [2.45, 2.75) is 0 Å². The van der Waals surface area contributed by atoms with Gasteiger partial charge in [-0.05, 0) is 36.4 Å². The first-order valence-corrected chi connectivity index (χ1v) is 7.56. The van der Waals surface area contributed by atoms with Crippen LogP contribution >= 0.6 is 11.3 Å². The lowest BCUT2D eigenvalue weighted by Gasteiger charge is -2.06. The Morgan fingerprint density at radius 3 is 2.68 bits per heavy atom. The summed E-state index contributed by atoms with van der Waals surface area (Å²) in [6, 6.07) is 11.7. The van der Waals surface area contributed by atoms with Gasteiger partial charge in [0.1, 0.15) is 23.1 Å². The second-order valence-electron chi connectivity index (χ2n) is 4.71. The standard InChI is InChI=1S/C16H12N4OS/c1-21-11-6-4-10(5-7-11)20-16-15-14(18-9-19-16)13-12(22-15)3-2-8-17-13/h2-9H,1H3,(H,18,19,20). The van der Waals surface area contributed by atoms with Crippen LogP contribution in [0.15, 0.2) is 48.9 Å². The first-order chi connectivity index (χ1) is 10.8. The lowest BCUT2D eigenvalue weighted by Crippen LogP contribution is -1.94. The normalized spacial score (nSPS) is 11.0. The minimum atomic E-state index is 0.790. The van der Waals surface area contributed by atoms with Gasteiger partial charge in [0, 0.05) is 11.9 Å². The summed E-state index contributed by atoms with van der Waals surface area (Å²) in [6.45, 7) is 0. The van der Waals surface area contributed by atoms with Gasteiger partial charge in [0.05, 0.1) is 16.5 Å². The van der Waals surface area contributed by atoms with Crippen LogP contribution in [0.1, 0.15) is 0 Å². The Balaban J connectivity index is 1.80. The number of hydrogen-bond donors (Lipinski definition) is 1. The quantitative estimate of drug-likeness (QED) is 0.620. The van der Waals surface area contributed by atoms with Gasteiger partial charge in [0.2, 0.25) is 0 Å². The Kier molecular flexibility index (Phi) is 3.08. The van der Waals surface area contributed by atoms with Gasteiger partial charge in [-0.25, -0.2) is 9.97 Å². The molecule has 0 saturated carbocycles. The molecule has 6 heteroatoms. The summed E-state index contributed by atoms with van der Waals surface area (Å²) >= 11 is 1.64. The van der Waals surface area contributed by atoms with E-state index in [1.807, 2.05) is 36.4 Å². The van der Waals surface area contributed by atoms with Crippen molar-refractivity contribution >= 4 is 43.3 Å². The van der Waals surface area contributed by atoms with Crippen molar-refractivity contribution in [3.63, 3.8) is 0 Å². The largest absolute Gasteiger partial charge is 0.497 e. The maximum Gasteiger partial charge on any atom is 0.151 e. The number of benzene rings is 1. The van der Waals surface area contributed by atoms with Crippen LogP contribution in [0.4, 0.5) is 11.5 Å². The highest BCUT2D eigenvalue weighted by Gasteiger charge is 2.12. The molecule has 3 aromatic heterocycles. The first-order valence-electron chi connectivity index (χ1n) is 6.74. The van der Waals surface area contributed by atoms with Crippen molar-refractivity contribution in [3.05, 3.63) is 48.9 Å². The topological polar surface area (TPSA) is 59.9 Å². The minimum absolute atomic E-state index is 0.790. The third-order valence-corrected chi connectivity index (χ3v) is 4.50. The van der Waals surface area contributed by atoms with Crippen LogP contribution < -0.4 is 10.1 Å². The molecule has 0 atom stereocenters. The molecule has 0 spiro atoms. The minimum Gasteiger partial charge on any atom is -0.497 e. The predicted molar refractivity (Wildman–Crippen MR) is 89.0 cm³/mol. The summed E-state index contributed by atoms with van der Waals surface area (Å²) in [5, 5.41) is 3.34. The van der Waals surface area contributed by atoms with Crippen LogP contribution in [-0.2, 0) is 0 Å². The van der Waals surface area contributed by atoms with Crippen LogP contribution in [0, 0.1) is 0 Å². The molecule has 0 unspecified atom stereocenters. The fraction of sp³-hybridized carbons (Fsp3) is 0.0625. The average Bonchev–Trinajstić information content (AvgIpc) is 2.95. The molecule has 0 amide bonds. The SMILES string of the molecule is COc1ccc(Nc2ncnc3c2sc2cccnc23)cc1. The number of hydrogen-bond acceptors (Lipinski definition) is 6. The number of pyridine rings is 1. The number of ether oxygens (including phenoxy) is 1. The molecular formula is C16H12N4OS. The van der Waals surface area contributed by atoms with E-state index in [0.717, 1.165) is 37.7 Å². The molecule has 0 aliphatic rings. The Hall–Kier alpha value is -2.73. The van der Waals surface area contributed by atoms with Crippen LogP contribution in [0.3, 0.4) is 0 Å². The van der Waals surface area contributed by atoms with Crippen molar-refractivity contribution < 1.29 is 4.74 Å². The Morgan fingerprint density at radius 2 is 1.86 bits per heavy atom. The fourth-order valence-corrected chi connectivity index (χ4v) is 3.36. The third kappa shape index (κ3) is 2.14. The maximum absolute atomic E-state index is 5.17. The van der Waals surface area contributed by atoms with Gasteiger partial charge in [0.25, 0.3) is 0 Å². The van der Waals surface area contributed by atoms with Gasteiger partial charge in [-0.3, -0.25) is 4.98 Å². The Bertz CT molecular complexity index is 949. The second kappa shape index (κ2) is 5.23. The highest BCUT2D eigenvalue weighted by molar-refractivity contribution is 7.26. The molecule has 108 valence electrons. The Morgan fingerprint density at radius 1 is 1.00 bits per heavy atom. The van der Waals surface area contributed by atoms with E-state index in [1.54, 1.807) is 31.0 Å². The predicted octanol–water partition coefficient (Wildman–Crippen LogP) is 3.99. The number of methoxy groups -OCH3 is 1. The van der Waals surface area contributed by atoms with Crippen LogP contribution in [-0.4, -0.2) is 22.1 Å². The van der Waals surface area contributed by atoms with E-state index in [2.05, 4.69) is 20.3 Å². The van der Waals surface area contributed by atoms with Gasteiger partial charge in [-0.15, -0.1) is 11.3 Å². The summed E-state index contributed by atoms with van der Waals surface area (Å²) in [6.07, 6.45) is 3.35. The molecule has 0 aliphatic carbocycles. The summed E-state index contributed by atoms with van der Waals surface area (Å²) in [4.78, 5) is 13.2. The number of thiophene rings is 1. The third-order valence-electron chi connectivity index (χ3n) is 3.36. The molecule has 4 aromatic rings. The van der Waals surface area contributed by atoms with E-state index in [9.17, 15) is 0 Å². The number of anilines is 2. The summed E-state index contributed by atoms with van der Waals surface area (Å²) in [5.41, 5.74) is 2.75. The first kappa shape index (κ1) is 13.0. The summed E-state index contributed by atoms with van der Waals surface area (Å²) in [7, 11) is 1.65. The lowest BCUT2D eigenvalue weighted by molar-refractivity contribution is 0.415. The van der Waals surface area contributed by atoms with Crippen LogP contribution in [0.5, 0.6) is 5.75 Å². The highest BCUT2D eigenvalue weighted by atomic mass is 32.1. The van der Waals surface area contributed by atoms with Crippen LogP contribution in [0.2, 0.25) is 0 Å². The molecular weight excluding hydrogens is 296 g/mol. The molecule has 3 heterocycles. The van der Waals surface area contributed by atoms with Gasteiger partial charge in [-0.1, -0.05) is 0 Å². The monoisotopic (exact) mass is 308 g/mol. The van der Waals surface area contributed by atoms with Gasteiger partial charge >= 0.3 is 0 Å². The van der Waals surface area contributed by atoms with E-state index < -0.39 is 0 Å². The molecule has 0 aliphatic heterocycles. The number of rotatable bonds is 3. The van der Waals surface area contributed by atoms with Gasteiger partial charge in [0.15, 0.2) is 5.82 Å². The van der Waals surface area contributed by atoms with E-state index >= 15 is 0 Å². The lowest BCUT2D eigenvalue weighted by atomic mass is 10.3. The molecule has 0 radical (unpaired) electrons. The van der Waals surface area contributed by atoms with E-state index in [4.69, 9.17) is 4.74 Å². The smallest absolute Gasteiger partial charge is 0.151 e. The van der Waals surface area contributed by atoms with Crippen molar-refractivity contribution in [1.29, 1.82) is 0 Å². The Labute approximate surface area is 130 Å². The molecule has 1 N–H and O–H groups in total. The zero-order chi connectivity index (χ0) is 14.9. The summed E-state index contributed by atoms with van der Waals surface area (Å²) < 4.78 is 7.28. The number of aromatic nitrogens is 3. The molecule has 0 bridgehead atoms. The molecule has 0 saturated heterocycles. The zero-order valence-corrected chi connectivity index (χ0v) is 12.6. The van der Waals surface area contributed by atoms with Gasteiger partial charge < -0.3 is 10.1 Å². The van der Waals surface area contributed by atoms with Crippen molar-refractivity contribution in [1.82, 2.24) is 15.0 Å². The van der Waals surface area contributed by atoms with E-state index in [1.165, 1.54) is 0 Å². The van der Waals surface area contributed by atoms with Crippen molar-refractivity contribution in [2.24, 2.45) is 0 Å². The molecule has 5 nitrogen and oxygen atoms in total.